The van der Waals surface area contributed by atoms with Gasteiger partial charge in [-0.05, 0) is 65.8 Å². The molecule has 3 heteroatoms. The fourth-order valence-corrected chi connectivity index (χ4v) is 5.75. The van der Waals surface area contributed by atoms with Crippen LogP contribution in [-0.2, 0) is 6.54 Å². The summed E-state index contributed by atoms with van der Waals surface area (Å²) in [6, 6.07) is 26.8. The molecule has 1 fully saturated rings. The zero-order valence-corrected chi connectivity index (χ0v) is 19.0. The summed E-state index contributed by atoms with van der Waals surface area (Å²) in [5.74, 6) is 0. The molecule has 2 aliphatic heterocycles. The average Bonchev–Trinajstić information content (AvgIpc) is 2.83. The van der Waals surface area contributed by atoms with Gasteiger partial charge in [0.15, 0.2) is 0 Å². The Hall–Kier alpha value is -2.49. The average molecular weight is 427 g/mol. The number of likely N-dealkylation sites (tertiary alicyclic amines) is 1. The summed E-state index contributed by atoms with van der Waals surface area (Å²) in [5.41, 5.74) is 8.59. The lowest BCUT2D eigenvalue weighted by Crippen LogP contribution is -2.30. The second-order valence-electron chi connectivity index (χ2n) is 8.47. The molecule has 0 spiro atoms. The van der Waals surface area contributed by atoms with Gasteiger partial charge in [-0.1, -0.05) is 72.8 Å². The Bertz CT molecular complexity index is 1030. The lowest BCUT2D eigenvalue weighted by Gasteiger charge is -2.32. The van der Waals surface area contributed by atoms with Gasteiger partial charge in [-0.15, -0.1) is 0 Å². The maximum atomic E-state index is 3.46. The van der Waals surface area contributed by atoms with Crippen LogP contribution in [-0.4, -0.2) is 24.5 Å². The number of rotatable bonds is 5. The van der Waals surface area contributed by atoms with Gasteiger partial charge in [0.05, 0.1) is 0 Å². The molecule has 158 valence electrons. The Morgan fingerprint density at radius 1 is 0.806 bits per heavy atom. The van der Waals surface area contributed by atoms with Crippen molar-refractivity contribution in [1.82, 2.24) is 4.90 Å². The summed E-state index contributed by atoms with van der Waals surface area (Å²) >= 11 is 1.91. The Morgan fingerprint density at radius 2 is 1.42 bits per heavy atom. The zero-order chi connectivity index (χ0) is 21.0. The number of piperidine rings is 1. The molecule has 0 saturated carbocycles. The lowest BCUT2D eigenvalue weighted by atomic mass is 9.88. The molecule has 0 radical (unpaired) electrons. The van der Waals surface area contributed by atoms with Crippen LogP contribution in [0.3, 0.4) is 0 Å². The Balaban J connectivity index is 1.32. The van der Waals surface area contributed by atoms with Crippen molar-refractivity contribution in [3.8, 4) is 0 Å². The van der Waals surface area contributed by atoms with Gasteiger partial charge in [0.1, 0.15) is 0 Å². The van der Waals surface area contributed by atoms with Crippen LogP contribution >= 0.6 is 11.8 Å². The van der Waals surface area contributed by atoms with Crippen molar-refractivity contribution in [2.45, 2.75) is 42.5 Å². The SMILES string of the molecule is CCCNc1ccc(CN2CCC(=C3c4ccccc4Sc4ccccc43)CC2)cc1. The van der Waals surface area contributed by atoms with E-state index < -0.39 is 0 Å². The van der Waals surface area contributed by atoms with E-state index in [1.807, 2.05) is 11.8 Å². The van der Waals surface area contributed by atoms with Gasteiger partial charge < -0.3 is 5.32 Å². The molecule has 1 saturated heterocycles. The van der Waals surface area contributed by atoms with Crippen molar-refractivity contribution in [2.75, 3.05) is 25.0 Å². The molecule has 0 atom stereocenters. The quantitative estimate of drug-likeness (QED) is 0.367. The van der Waals surface area contributed by atoms with Crippen LogP contribution in [0.4, 0.5) is 5.69 Å². The predicted molar refractivity (Wildman–Crippen MR) is 133 cm³/mol. The van der Waals surface area contributed by atoms with Gasteiger partial charge in [0.25, 0.3) is 0 Å². The number of hydrogen-bond acceptors (Lipinski definition) is 3. The highest BCUT2D eigenvalue weighted by Crippen LogP contribution is 2.47. The molecular formula is C28H30N2S. The van der Waals surface area contributed by atoms with Crippen molar-refractivity contribution < 1.29 is 0 Å². The van der Waals surface area contributed by atoms with E-state index in [4.69, 9.17) is 0 Å². The maximum Gasteiger partial charge on any atom is 0.0340 e. The van der Waals surface area contributed by atoms with Crippen LogP contribution in [0.25, 0.3) is 5.57 Å². The van der Waals surface area contributed by atoms with Crippen LogP contribution < -0.4 is 5.32 Å². The summed E-state index contributed by atoms with van der Waals surface area (Å²) in [4.78, 5) is 5.39. The molecule has 1 N–H and O–H groups in total. The summed E-state index contributed by atoms with van der Waals surface area (Å²) < 4.78 is 0. The fraction of sp³-hybridized carbons (Fsp3) is 0.286. The van der Waals surface area contributed by atoms with Gasteiger partial charge in [-0.25, -0.2) is 0 Å². The van der Waals surface area contributed by atoms with Crippen LogP contribution in [0.1, 0.15) is 42.9 Å². The summed E-state index contributed by atoms with van der Waals surface area (Å²) in [6.07, 6.45) is 3.46. The van der Waals surface area contributed by atoms with Gasteiger partial charge in [-0.2, -0.15) is 0 Å². The molecule has 0 amide bonds. The smallest absolute Gasteiger partial charge is 0.0340 e. The van der Waals surface area contributed by atoms with E-state index >= 15 is 0 Å². The van der Waals surface area contributed by atoms with Gasteiger partial charge in [0, 0.05) is 41.7 Å². The first kappa shape index (κ1) is 20.4. The molecular weight excluding hydrogens is 396 g/mol. The standard InChI is InChI=1S/C28H30N2S/c1-2-17-29-23-13-11-21(12-14-23)20-30-18-15-22(16-19-30)28-24-7-3-5-9-26(24)31-27-10-6-4-8-25(27)28/h3-14,29H,2,15-20H2,1H3. The second-order valence-corrected chi connectivity index (χ2v) is 9.56. The van der Waals surface area contributed by atoms with Crippen molar-refractivity contribution >= 4 is 23.0 Å². The van der Waals surface area contributed by atoms with E-state index in [1.54, 1.807) is 5.57 Å². The minimum Gasteiger partial charge on any atom is -0.385 e. The van der Waals surface area contributed by atoms with Crippen LogP contribution in [0.15, 0.2) is 88.2 Å². The number of anilines is 1. The van der Waals surface area contributed by atoms with Crippen molar-refractivity contribution in [1.29, 1.82) is 0 Å². The molecule has 31 heavy (non-hydrogen) atoms. The first-order chi connectivity index (χ1) is 15.3. The summed E-state index contributed by atoms with van der Waals surface area (Å²) in [7, 11) is 0. The highest BCUT2D eigenvalue weighted by atomic mass is 32.2. The number of benzene rings is 3. The third kappa shape index (κ3) is 4.44. The summed E-state index contributed by atoms with van der Waals surface area (Å²) in [5, 5.41) is 3.46. The molecule has 2 aliphatic rings. The van der Waals surface area contributed by atoms with Crippen molar-refractivity contribution in [2.24, 2.45) is 0 Å². The molecule has 3 aromatic carbocycles. The topological polar surface area (TPSA) is 15.3 Å². The van der Waals surface area contributed by atoms with E-state index in [2.05, 4.69) is 89.9 Å². The second kappa shape index (κ2) is 9.33. The van der Waals surface area contributed by atoms with Crippen molar-refractivity contribution in [3.05, 3.63) is 95.1 Å². The Kier molecular flexibility index (Phi) is 6.15. The molecule has 0 unspecified atom stereocenters. The van der Waals surface area contributed by atoms with Crippen molar-refractivity contribution in [3.63, 3.8) is 0 Å². The molecule has 5 rings (SSSR count). The highest BCUT2D eigenvalue weighted by molar-refractivity contribution is 7.99. The van der Waals surface area contributed by atoms with Gasteiger partial charge in [-0.3, -0.25) is 4.90 Å². The number of nitrogens with one attached hydrogen (secondary N) is 1. The predicted octanol–water partition coefficient (Wildman–Crippen LogP) is 7.07. The first-order valence-corrected chi connectivity index (χ1v) is 12.3. The summed E-state index contributed by atoms with van der Waals surface area (Å²) in [6.45, 7) is 6.54. The lowest BCUT2D eigenvalue weighted by molar-refractivity contribution is 0.248. The minimum absolute atomic E-state index is 1.04. The molecule has 3 aromatic rings. The maximum absolute atomic E-state index is 3.46. The van der Waals surface area contributed by atoms with Gasteiger partial charge in [0.2, 0.25) is 0 Å². The third-order valence-corrected chi connectivity index (χ3v) is 7.44. The zero-order valence-electron chi connectivity index (χ0n) is 18.2. The van der Waals surface area contributed by atoms with Gasteiger partial charge >= 0.3 is 0 Å². The Morgan fingerprint density at radius 3 is 2.03 bits per heavy atom. The van der Waals surface area contributed by atoms with Crippen LogP contribution in [0.5, 0.6) is 0 Å². The molecule has 0 bridgehead atoms. The largest absolute Gasteiger partial charge is 0.385 e. The third-order valence-electron chi connectivity index (χ3n) is 6.29. The normalized spacial score (nSPS) is 16.0. The first-order valence-electron chi connectivity index (χ1n) is 11.5. The van der Waals surface area contributed by atoms with E-state index in [0.29, 0.717) is 0 Å². The number of nitrogens with zero attached hydrogens (tertiary/aromatic N) is 1. The van der Waals surface area contributed by atoms with Crippen LogP contribution in [0, 0.1) is 0 Å². The molecule has 2 heterocycles. The molecule has 0 aromatic heterocycles. The van der Waals surface area contributed by atoms with Crippen LogP contribution in [0.2, 0.25) is 0 Å². The van der Waals surface area contributed by atoms with E-state index in [9.17, 15) is 0 Å². The monoisotopic (exact) mass is 426 g/mol. The number of hydrogen-bond donors (Lipinski definition) is 1. The molecule has 0 aliphatic carbocycles. The minimum atomic E-state index is 1.04. The fourth-order valence-electron chi connectivity index (χ4n) is 4.66. The molecule has 2 nitrogen and oxygen atoms in total. The highest BCUT2D eigenvalue weighted by Gasteiger charge is 2.25. The van der Waals surface area contributed by atoms with E-state index in [-0.39, 0.29) is 0 Å². The van der Waals surface area contributed by atoms with E-state index in [1.165, 1.54) is 37.7 Å². The van der Waals surface area contributed by atoms with E-state index in [0.717, 1.165) is 45.4 Å². The Labute approximate surface area is 190 Å². The number of fused-ring (bicyclic) bond motifs is 2.